The summed E-state index contributed by atoms with van der Waals surface area (Å²) in [5.41, 5.74) is 0. The standard InChI is InChI=1S/C7H10Br2O2/c1-2-11-6(10)5-3-7(5,9)4-8/h5H,2-4H2,1H3/t5-,7-/m1/s1. The van der Waals surface area contributed by atoms with Crippen molar-refractivity contribution in [2.24, 2.45) is 5.92 Å². The van der Waals surface area contributed by atoms with Crippen molar-refractivity contribution in [3.63, 3.8) is 0 Å². The molecule has 0 aromatic carbocycles. The predicted molar refractivity (Wildman–Crippen MR) is 50.2 cm³/mol. The third kappa shape index (κ3) is 1.96. The molecular formula is C7H10Br2O2. The number of carbonyl (C=O) groups is 1. The quantitative estimate of drug-likeness (QED) is 0.586. The molecule has 0 saturated heterocycles. The van der Waals surface area contributed by atoms with E-state index in [0.29, 0.717) is 6.61 Å². The summed E-state index contributed by atoms with van der Waals surface area (Å²) in [6.07, 6.45) is 0.886. The van der Waals surface area contributed by atoms with Crippen LogP contribution < -0.4 is 0 Å². The molecule has 64 valence electrons. The molecule has 0 aliphatic heterocycles. The Morgan fingerprint density at radius 3 is 2.82 bits per heavy atom. The van der Waals surface area contributed by atoms with E-state index < -0.39 is 0 Å². The largest absolute Gasteiger partial charge is 0.466 e. The van der Waals surface area contributed by atoms with Crippen LogP contribution >= 0.6 is 31.9 Å². The maximum atomic E-state index is 11.1. The topological polar surface area (TPSA) is 26.3 Å². The van der Waals surface area contributed by atoms with E-state index in [0.717, 1.165) is 11.8 Å². The molecule has 0 radical (unpaired) electrons. The monoisotopic (exact) mass is 284 g/mol. The number of halogens is 2. The van der Waals surface area contributed by atoms with E-state index in [1.807, 2.05) is 6.92 Å². The van der Waals surface area contributed by atoms with Gasteiger partial charge in [0, 0.05) is 9.65 Å². The number of alkyl halides is 2. The Labute approximate surface area is 82.9 Å². The van der Waals surface area contributed by atoms with Gasteiger partial charge < -0.3 is 4.74 Å². The average molecular weight is 286 g/mol. The number of ether oxygens (including phenoxy) is 1. The molecule has 0 unspecified atom stereocenters. The SMILES string of the molecule is CCOC(=O)[C@H]1C[C@@]1(Br)CBr. The van der Waals surface area contributed by atoms with E-state index in [1.165, 1.54) is 0 Å². The first-order valence-electron chi connectivity index (χ1n) is 3.55. The first-order valence-corrected chi connectivity index (χ1v) is 5.47. The van der Waals surface area contributed by atoms with Gasteiger partial charge in [0.1, 0.15) is 0 Å². The number of hydrogen-bond donors (Lipinski definition) is 0. The van der Waals surface area contributed by atoms with Crippen molar-refractivity contribution in [2.45, 2.75) is 17.7 Å². The molecule has 4 heteroatoms. The third-order valence-corrected chi connectivity index (χ3v) is 4.71. The van der Waals surface area contributed by atoms with Crippen molar-refractivity contribution in [3.8, 4) is 0 Å². The van der Waals surface area contributed by atoms with Gasteiger partial charge in [0.15, 0.2) is 0 Å². The summed E-state index contributed by atoms with van der Waals surface area (Å²) in [6.45, 7) is 2.30. The highest BCUT2D eigenvalue weighted by atomic mass is 79.9. The fourth-order valence-electron chi connectivity index (χ4n) is 0.965. The van der Waals surface area contributed by atoms with Crippen LogP contribution in [0.3, 0.4) is 0 Å². The lowest BCUT2D eigenvalue weighted by Gasteiger charge is -2.03. The van der Waals surface area contributed by atoms with E-state index >= 15 is 0 Å². The summed E-state index contributed by atoms with van der Waals surface area (Å²) in [5.74, 6) is -0.0225. The van der Waals surface area contributed by atoms with Gasteiger partial charge in [0.05, 0.1) is 12.5 Å². The van der Waals surface area contributed by atoms with Crippen LogP contribution in [0.5, 0.6) is 0 Å². The van der Waals surface area contributed by atoms with Crippen molar-refractivity contribution in [1.29, 1.82) is 0 Å². The Balaban J connectivity index is 2.36. The van der Waals surface area contributed by atoms with Crippen LogP contribution in [0.15, 0.2) is 0 Å². The molecule has 1 rings (SSSR count). The van der Waals surface area contributed by atoms with Crippen LogP contribution in [-0.2, 0) is 9.53 Å². The lowest BCUT2D eigenvalue weighted by Crippen LogP contribution is -2.14. The summed E-state index contributed by atoms with van der Waals surface area (Å²) >= 11 is 6.82. The molecule has 0 heterocycles. The molecule has 0 spiro atoms. The molecule has 11 heavy (non-hydrogen) atoms. The van der Waals surface area contributed by atoms with E-state index in [-0.39, 0.29) is 16.2 Å². The summed E-state index contributed by atoms with van der Waals surface area (Å²) in [7, 11) is 0. The van der Waals surface area contributed by atoms with Crippen LogP contribution in [0.4, 0.5) is 0 Å². The van der Waals surface area contributed by atoms with Crippen LogP contribution in [0.25, 0.3) is 0 Å². The van der Waals surface area contributed by atoms with E-state index in [9.17, 15) is 4.79 Å². The van der Waals surface area contributed by atoms with Crippen LogP contribution in [0.2, 0.25) is 0 Å². The molecule has 1 aliphatic carbocycles. The Morgan fingerprint density at radius 2 is 2.45 bits per heavy atom. The predicted octanol–water partition coefficient (Wildman–Crippen LogP) is 2.10. The van der Waals surface area contributed by atoms with Crippen molar-refractivity contribution < 1.29 is 9.53 Å². The number of rotatable bonds is 3. The maximum Gasteiger partial charge on any atom is 0.310 e. The summed E-state index contributed by atoms with van der Waals surface area (Å²) in [6, 6.07) is 0. The third-order valence-electron chi connectivity index (χ3n) is 1.80. The van der Waals surface area contributed by atoms with Crippen LogP contribution in [0, 0.1) is 5.92 Å². The number of hydrogen-bond acceptors (Lipinski definition) is 2. The molecule has 0 aromatic heterocycles. The van der Waals surface area contributed by atoms with Gasteiger partial charge in [0.2, 0.25) is 0 Å². The number of carbonyl (C=O) groups excluding carboxylic acids is 1. The highest BCUT2D eigenvalue weighted by molar-refractivity contribution is 9.12. The molecule has 0 N–H and O–H groups in total. The fourth-order valence-corrected chi connectivity index (χ4v) is 2.10. The van der Waals surface area contributed by atoms with Crippen LogP contribution in [-0.4, -0.2) is 22.2 Å². The average Bonchev–Trinajstić information content (AvgIpc) is 2.65. The van der Waals surface area contributed by atoms with Crippen molar-refractivity contribution in [2.75, 3.05) is 11.9 Å². The summed E-state index contributed by atoms with van der Waals surface area (Å²) in [5, 5.41) is 0.809. The fraction of sp³-hybridized carbons (Fsp3) is 0.857. The molecular weight excluding hydrogens is 276 g/mol. The molecule has 0 amide bonds. The van der Waals surface area contributed by atoms with Gasteiger partial charge in [-0.05, 0) is 13.3 Å². The Kier molecular flexibility index (Phi) is 2.97. The van der Waals surface area contributed by atoms with Gasteiger partial charge in [-0.2, -0.15) is 0 Å². The van der Waals surface area contributed by atoms with Gasteiger partial charge in [-0.1, -0.05) is 31.9 Å². The second-order valence-electron chi connectivity index (χ2n) is 2.68. The molecule has 1 saturated carbocycles. The van der Waals surface area contributed by atoms with Gasteiger partial charge in [-0.25, -0.2) is 0 Å². The normalized spacial score (nSPS) is 35.0. The van der Waals surface area contributed by atoms with Crippen LogP contribution in [0.1, 0.15) is 13.3 Å². The van der Waals surface area contributed by atoms with Crippen molar-refractivity contribution >= 4 is 37.8 Å². The van der Waals surface area contributed by atoms with Gasteiger partial charge in [-0.15, -0.1) is 0 Å². The highest BCUT2D eigenvalue weighted by Gasteiger charge is 2.56. The summed E-state index contributed by atoms with van der Waals surface area (Å²) < 4.78 is 4.86. The lowest BCUT2D eigenvalue weighted by molar-refractivity contribution is -0.144. The number of esters is 1. The second-order valence-corrected chi connectivity index (χ2v) is 4.82. The molecule has 1 fully saturated rings. The van der Waals surface area contributed by atoms with Gasteiger partial charge in [0.25, 0.3) is 0 Å². The zero-order valence-electron chi connectivity index (χ0n) is 6.27. The molecule has 2 nitrogen and oxygen atoms in total. The zero-order chi connectivity index (χ0) is 8.48. The first kappa shape index (κ1) is 9.52. The Morgan fingerprint density at radius 1 is 1.82 bits per heavy atom. The van der Waals surface area contributed by atoms with Crippen molar-refractivity contribution in [1.82, 2.24) is 0 Å². The van der Waals surface area contributed by atoms with E-state index in [1.54, 1.807) is 0 Å². The molecule has 2 atom stereocenters. The molecule has 0 bridgehead atoms. The van der Waals surface area contributed by atoms with Gasteiger partial charge in [-0.3, -0.25) is 4.79 Å². The minimum Gasteiger partial charge on any atom is -0.466 e. The Bertz CT molecular complexity index is 172. The molecule has 1 aliphatic rings. The minimum atomic E-state index is -0.0798. The zero-order valence-corrected chi connectivity index (χ0v) is 9.44. The molecule has 0 aromatic rings. The summed E-state index contributed by atoms with van der Waals surface area (Å²) in [4.78, 5) is 11.1. The van der Waals surface area contributed by atoms with E-state index in [2.05, 4.69) is 31.9 Å². The Hall–Kier alpha value is 0.430. The lowest BCUT2D eigenvalue weighted by atomic mass is 10.3. The highest BCUT2D eigenvalue weighted by Crippen LogP contribution is 2.52. The smallest absolute Gasteiger partial charge is 0.310 e. The first-order chi connectivity index (χ1) is 5.14. The van der Waals surface area contributed by atoms with Gasteiger partial charge >= 0.3 is 5.97 Å². The van der Waals surface area contributed by atoms with E-state index in [4.69, 9.17) is 4.74 Å². The van der Waals surface area contributed by atoms with Crippen molar-refractivity contribution in [3.05, 3.63) is 0 Å². The minimum absolute atomic E-state index is 0.0146. The maximum absolute atomic E-state index is 11.1. The second kappa shape index (κ2) is 3.44.